The molecule has 0 radical (unpaired) electrons. The van der Waals surface area contributed by atoms with Crippen LogP contribution in [0, 0.1) is 5.92 Å². The summed E-state index contributed by atoms with van der Waals surface area (Å²) < 4.78 is 1.26. The molecule has 2 aliphatic rings. The fourth-order valence-electron chi connectivity index (χ4n) is 2.94. The Hall–Kier alpha value is -0.440. The number of hydrogen-bond acceptors (Lipinski definition) is 2. The summed E-state index contributed by atoms with van der Waals surface area (Å²) in [5.41, 5.74) is 1.32. The van der Waals surface area contributed by atoms with Crippen LogP contribution in [0.15, 0.2) is 10.1 Å². The maximum absolute atomic E-state index is 11.9. The zero-order valence-electron chi connectivity index (χ0n) is 10.8. The van der Waals surface area contributed by atoms with Crippen LogP contribution in [0.25, 0.3) is 0 Å². The molecular weight excluding hydrogens is 292 g/mol. The maximum Gasteiger partial charge on any atom is 0.143 e. The maximum atomic E-state index is 11.9. The van der Waals surface area contributed by atoms with Crippen molar-refractivity contribution in [3.8, 4) is 0 Å². The summed E-state index contributed by atoms with van der Waals surface area (Å²) in [4.78, 5) is 23.8. The molecule has 0 saturated heterocycles. The van der Waals surface area contributed by atoms with Crippen molar-refractivity contribution in [3.63, 3.8) is 0 Å². The molecule has 0 aromatic rings. The third-order valence-electron chi connectivity index (χ3n) is 4.08. The van der Waals surface area contributed by atoms with Crippen molar-refractivity contribution in [3.05, 3.63) is 10.1 Å². The summed E-state index contributed by atoms with van der Waals surface area (Å²) in [6.07, 6.45) is 9.74. The van der Waals surface area contributed by atoms with Gasteiger partial charge >= 0.3 is 0 Å². The molecule has 0 unspecified atom stereocenters. The molecular formula is C15H21BrO2. The van der Waals surface area contributed by atoms with Crippen molar-refractivity contribution in [2.45, 2.75) is 64.2 Å². The highest BCUT2D eigenvalue weighted by atomic mass is 79.9. The molecule has 0 aliphatic heterocycles. The van der Waals surface area contributed by atoms with Crippen LogP contribution in [0.4, 0.5) is 0 Å². The first kappa shape index (κ1) is 14.0. The van der Waals surface area contributed by atoms with Gasteiger partial charge in [-0.2, -0.15) is 0 Å². The van der Waals surface area contributed by atoms with Crippen molar-refractivity contribution < 1.29 is 9.59 Å². The lowest BCUT2D eigenvalue weighted by Gasteiger charge is -2.22. The van der Waals surface area contributed by atoms with E-state index >= 15 is 0 Å². The average molecular weight is 313 g/mol. The van der Waals surface area contributed by atoms with E-state index in [-0.39, 0.29) is 17.5 Å². The van der Waals surface area contributed by atoms with Crippen LogP contribution >= 0.6 is 15.9 Å². The molecule has 100 valence electrons. The SMILES string of the molecule is O=C1CCCC(=O)C1C/C1=C(\Br)CCCCCC1. The molecule has 2 nitrogen and oxygen atoms in total. The number of rotatable bonds is 2. The number of halogens is 1. The van der Waals surface area contributed by atoms with Gasteiger partial charge in [-0.15, -0.1) is 0 Å². The number of Topliss-reactive ketones (excluding diaryl/α,β-unsaturated/α-hetero) is 2. The molecule has 2 rings (SSSR count). The van der Waals surface area contributed by atoms with Gasteiger partial charge in [-0.1, -0.05) is 34.3 Å². The zero-order valence-corrected chi connectivity index (χ0v) is 12.4. The monoisotopic (exact) mass is 312 g/mol. The van der Waals surface area contributed by atoms with E-state index in [9.17, 15) is 9.59 Å². The van der Waals surface area contributed by atoms with Crippen LogP contribution in [0.3, 0.4) is 0 Å². The van der Waals surface area contributed by atoms with Crippen LogP contribution in [0.1, 0.15) is 64.2 Å². The fraction of sp³-hybridized carbons (Fsp3) is 0.733. The van der Waals surface area contributed by atoms with Crippen molar-refractivity contribution in [1.82, 2.24) is 0 Å². The molecule has 3 heteroatoms. The van der Waals surface area contributed by atoms with E-state index in [4.69, 9.17) is 0 Å². The lowest BCUT2D eigenvalue weighted by Crippen LogP contribution is -2.29. The van der Waals surface area contributed by atoms with E-state index in [0.717, 1.165) is 19.3 Å². The van der Waals surface area contributed by atoms with Crippen LogP contribution in [0.2, 0.25) is 0 Å². The number of hydrogen-bond donors (Lipinski definition) is 0. The Morgan fingerprint density at radius 3 is 2.11 bits per heavy atom. The molecule has 0 atom stereocenters. The smallest absolute Gasteiger partial charge is 0.143 e. The van der Waals surface area contributed by atoms with Gasteiger partial charge in [-0.25, -0.2) is 0 Å². The second kappa shape index (κ2) is 6.65. The highest BCUT2D eigenvalue weighted by Crippen LogP contribution is 2.33. The molecule has 1 fully saturated rings. The average Bonchev–Trinajstić information content (AvgIpc) is 2.32. The Balaban J connectivity index is 2.07. The Morgan fingerprint density at radius 2 is 1.44 bits per heavy atom. The molecule has 0 spiro atoms. The van der Waals surface area contributed by atoms with Crippen molar-refractivity contribution in [2.24, 2.45) is 5.92 Å². The lowest BCUT2D eigenvalue weighted by molar-refractivity contribution is -0.135. The molecule has 2 aliphatic carbocycles. The molecule has 0 heterocycles. The van der Waals surface area contributed by atoms with Crippen LogP contribution in [0.5, 0.6) is 0 Å². The van der Waals surface area contributed by atoms with E-state index in [1.807, 2.05) is 0 Å². The van der Waals surface area contributed by atoms with Gasteiger partial charge in [-0.05, 0) is 43.0 Å². The Kier molecular flexibility index (Phi) is 5.16. The van der Waals surface area contributed by atoms with Crippen LogP contribution in [-0.2, 0) is 9.59 Å². The first-order chi connectivity index (χ1) is 8.68. The minimum absolute atomic E-state index is 0.168. The molecule has 0 aromatic heterocycles. The van der Waals surface area contributed by atoms with Crippen molar-refractivity contribution in [1.29, 1.82) is 0 Å². The van der Waals surface area contributed by atoms with Crippen LogP contribution < -0.4 is 0 Å². The molecule has 1 saturated carbocycles. The number of ketones is 2. The third-order valence-corrected chi connectivity index (χ3v) is 5.04. The standard InChI is InChI=1S/C15H21BrO2/c16-13-7-4-2-1-3-6-11(13)10-12-14(17)8-5-9-15(12)18/h12H,1-10H2/b13-11-. The summed E-state index contributed by atoms with van der Waals surface area (Å²) >= 11 is 3.66. The van der Waals surface area contributed by atoms with E-state index in [1.54, 1.807) is 0 Å². The first-order valence-electron chi connectivity index (χ1n) is 7.10. The summed E-state index contributed by atoms with van der Waals surface area (Å²) in [5.74, 6) is 0.00273. The number of carbonyl (C=O) groups excluding carboxylic acids is 2. The van der Waals surface area contributed by atoms with Gasteiger partial charge in [0.15, 0.2) is 0 Å². The lowest BCUT2D eigenvalue weighted by atomic mass is 9.81. The fourth-order valence-corrected chi connectivity index (χ4v) is 3.58. The van der Waals surface area contributed by atoms with Gasteiger partial charge in [0.05, 0.1) is 5.92 Å². The first-order valence-corrected chi connectivity index (χ1v) is 7.89. The number of allylic oxidation sites excluding steroid dienone is 2. The zero-order chi connectivity index (χ0) is 13.0. The van der Waals surface area contributed by atoms with E-state index < -0.39 is 0 Å². The highest BCUT2D eigenvalue weighted by Gasteiger charge is 2.30. The molecule has 0 bridgehead atoms. The van der Waals surface area contributed by atoms with E-state index in [1.165, 1.54) is 35.7 Å². The quantitative estimate of drug-likeness (QED) is 0.712. The Bertz CT molecular complexity index is 355. The molecule has 0 N–H and O–H groups in total. The van der Waals surface area contributed by atoms with Gasteiger partial charge in [0.2, 0.25) is 0 Å². The van der Waals surface area contributed by atoms with Gasteiger partial charge < -0.3 is 0 Å². The Morgan fingerprint density at radius 1 is 0.833 bits per heavy atom. The van der Waals surface area contributed by atoms with Gasteiger partial charge in [0, 0.05) is 12.8 Å². The summed E-state index contributed by atoms with van der Waals surface area (Å²) in [6, 6.07) is 0. The van der Waals surface area contributed by atoms with Crippen LogP contribution in [-0.4, -0.2) is 11.6 Å². The van der Waals surface area contributed by atoms with Crippen molar-refractivity contribution >= 4 is 27.5 Å². The predicted molar refractivity (Wildman–Crippen MR) is 75.6 cm³/mol. The highest BCUT2D eigenvalue weighted by molar-refractivity contribution is 9.11. The molecule has 18 heavy (non-hydrogen) atoms. The third kappa shape index (κ3) is 3.53. The number of carbonyl (C=O) groups is 2. The largest absolute Gasteiger partial charge is 0.299 e. The molecule has 0 aromatic carbocycles. The normalized spacial score (nSPS) is 28.1. The van der Waals surface area contributed by atoms with Gasteiger partial charge in [0.25, 0.3) is 0 Å². The van der Waals surface area contributed by atoms with Gasteiger partial charge in [0.1, 0.15) is 11.6 Å². The van der Waals surface area contributed by atoms with Crippen molar-refractivity contribution in [2.75, 3.05) is 0 Å². The summed E-state index contributed by atoms with van der Waals surface area (Å²) in [5, 5.41) is 0. The Labute approximate surface area is 117 Å². The predicted octanol–water partition coefficient (Wildman–Crippen LogP) is 4.32. The second-order valence-electron chi connectivity index (χ2n) is 5.47. The minimum atomic E-state index is -0.333. The van der Waals surface area contributed by atoms with Gasteiger partial charge in [-0.3, -0.25) is 9.59 Å². The minimum Gasteiger partial charge on any atom is -0.299 e. The summed E-state index contributed by atoms with van der Waals surface area (Å²) in [7, 11) is 0. The second-order valence-corrected chi connectivity index (χ2v) is 6.42. The summed E-state index contributed by atoms with van der Waals surface area (Å²) in [6.45, 7) is 0. The van der Waals surface area contributed by atoms with E-state index in [2.05, 4.69) is 15.9 Å². The topological polar surface area (TPSA) is 34.1 Å². The molecule has 0 amide bonds. The van der Waals surface area contributed by atoms with E-state index in [0.29, 0.717) is 19.3 Å².